The molecule has 5 rings (SSSR count). The number of carbonyl (C=O) groups excluding carboxylic acids is 2. The van der Waals surface area contributed by atoms with Crippen molar-refractivity contribution in [3.63, 3.8) is 0 Å². The molecule has 5 N–H and O–H groups in total. The molecule has 3 aromatic rings. The normalized spacial score (nSPS) is 16.4. The van der Waals surface area contributed by atoms with E-state index in [4.69, 9.17) is 15.2 Å². The molecule has 2 aliphatic rings. The fourth-order valence-electron chi connectivity index (χ4n) is 5.72. The summed E-state index contributed by atoms with van der Waals surface area (Å²) in [7, 11) is 0. The predicted octanol–water partition coefficient (Wildman–Crippen LogP) is 4.09. The highest BCUT2D eigenvalue weighted by Crippen LogP contribution is 2.52. The Balaban J connectivity index is 1.14. The van der Waals surface area contributed by atoms with Gasteiger partial charge in [-0.05, 0) is 75.1 Å². The van der Waals surface area contributed by atoms with Crippen LogP contribution in [0.15, 0.2) is 60.8 Å². The number of primary amides is 1. The minimum absolute atomic E-state index is 0.0618. The van der Waals surface area contributed by atoms with Crippen LogP contribution in [0.5, 0.6) is 17.4 Å². The number of pyridine rings is 1. The summed E-state index contributed by atoms with van der Waals surface area (Å²) in [6.45, 7) is 4.62. The molecule has 210 valence electrons. The lowest BCUT2D eigenvalue weighted by Crippen LogP contribution is -2.46. The van der Waals surface area contributed by atoms with Crippen molar-refractivity contribution in [2.24, 2.45) is 5.73 Å². The van der Waals surface area contributed by atoms with Gasteiger partial charge in [0.25, 0.3) is 5.91 Å². The first-order valence-corrected chi connectivity index (χ1v) is 13.7. The summed E-state index contributed by atoms with van der Waals surface area (Å²) < 4.78 is 11.8. The number of aliphatic hydroxyl groups is 1. The first-order valence-electron chi connectivity index (χ1n) is 13.7. The minimum atomic E-state index is -0.728. The highest BCUT2D eigenvalue weighted by Gasteiger charge is 2.50. The zero-order valence-corrected chi connectivity index (χ0v) is 22.9. The first kappa shape index (κ1) is 27.6. The highest BCUT2D eigenvalue weighted by atomic mass is 16.5. The van der Waals surface area contributed by atoms with E-state index in [1.807, 2.05) is 42.5 Å². The SMILES string of the molecule is CC(C)(Cc1ccc(Oc2ncccc2C(N)=O)cc1)NCC(O)COc1cccc2c1C1(CCCC1)C(=O)N2. The molecule has 0 saturated heterocycles. The third-order valence-electron chi connectivity index (χ3n) is 7.71. The van der Waals surface area contributed by atoms with Crippen LogP contribution in [0.4, 0.5) is 5.69 Å². The van der Waals surface area contributed by atoms with Gasteiger partial charge in [0.05, 0.1) is 5.41 Å². The molecule has 0 radical (unpaired) electrons. The summed E-state index contributed by atoms with van der Waals surface area (Å²) in [5.41, 5.74) is 7.66. The van der Waals surface area contributed by atoms with E-state index in [0.717, 1.165) is 42.5 Å². The van der Waals surface area contributed by atoms with Crippen molar-refractivity contribution < 1.29 is 24.2 Å². The maximum Gasteiger partial charge on any atom is 0.254 e. The molecule has 40 heavy (non-hydrogen) atoms. The Bertz CT molecular complexity index is 1380. The van der Waals surface area contributed by atoms with E-state index in [1.54, 1.807) is 18.3 Å². The van der Waals surface area contributed by atoms with Gasteiger partial charge in [0.2, 0.25) is 11.8 Å². The van der Waals surface area contributed by atoms with Gasteiger partial charge in [-0.2, -0.15) is 0 Å². The number of benzene rings is 2. The Morgan fingerprint density at radius 3 is 2.62 bits per heavy atom. The Morgan fingerprint density at radius 2 is 1.90 bits per heavy atom. The van der Waals surface area contributed by atoms with E-state index in [2.05, 4.69) is 29.5 Å². The van der Waals surface area contributed by atoms with E-state index >= 15 is 0 Å². The summed E-state index contributed by atoms with van der Waals surface area (Å²) in [6, 6.07) is 16.4. The zero-order valence-electron chi connectivity index (χ0n) is 22.9. The molecular weight excluding hydrogens is 508 g/mol. The van der Waals surface area contributed by atoms with Gasteiger partial charge in [0, 0.05) is 29.5 Å². The number of nitrogens with two attached hydrogens (primary N) is 1. The van der Waals surface area contributed by atoms with Crippen LogP contribution in [-0.4, -0.2) is 46.7 Å². The van der Waals surface area contributed by atoms with Crippen molar-refractivity contribution in [2.75, 3.05) is 18.5 Å². The van der Waals surface area contributed by atoms with Crippen LogP contribution in [0.1, 0.15) is 61.0 Å². The molecule has 2 aromatic carbocycles. The van der Waals surface area contributed by atoms with Crippen LogP contribution >= 0.6 is 0 Å². The Morgan fingerprint density at radius 1 is 1.15 bits per heavy atom. The van der Waals surface area contributed by atoms with Crippen molar-refractivity contribution in [2.45, 2.75) is 63.0 Å². The van der Waals surface area contributed by atoms with Crippen molar-refractivity contribution in [1.82, 2.24) is 10.3 Å². The molecule has 1 aliphatic heterocycles. The van der Waals surface area contributed by atoms with Crippen LogP contribution in [0.2, 0.25) is 0 Å². The fraction of sp³-hybridized carbons (Fsp3) is 0.387. The summed E-state index contributed by atoms with van der Waals surface area (Å²) in [5.74, 6) is 0.853. The van der Waals surface area contributed by atoms with Crippen LogP contribution in [0.3, 0.4) is 0 Å². The molecule has 1 aliphatic carbocycles. The number of hydrogen-bond acceptors (Lipinski definition) is 7. The number of anilines is 1. The average molecular weight is 545 g/mol. The second-order valence-electron chi connectivity index (χ2n) is 11.3. The fourth-order valence-corrected chi connectivity index (χ4v) is 5.72. The van der Waals surface area contributed by atoms with E-state index in [1.165, 1.54) is 0 Å². The molecule has 1 spiro atoms. The first-order chi connectivity index (χ1) is 19.2. The van der Waals surface area contributed by atoms with Crippen molar-refractivity contribution >= 4 is 17.5 Å². The molecule has 0 bridgehead atoms. The number of aliphatic hydroxyl groups excluding tert-OH is 1. The van der Waals surface area contributed by atoms with Gasteiger partial charge in [0.1, 0.15) is 29.8 Å². The van der Waals surface area contributed by atoms with Crippen LogP contribution < -0.4 is 25.8 Å². The Labute approximate surface area is 234 Å². The van der Waals surface area contributed by atoms with Gasteiger partial charge in [0.15, 0.2) is 0 Å². The van der Waals surface area contributed by atoms with Crippen LogP contribution in [-0.2, 0) is 16.6 Å². The number of ether oxygens (including phenoxy) is 2. The molecule has 2 heterocycles. The number of carbonyl (C=O) groups is 2. The molecule has 9 heteroatoms. The number of nitrogens with zero attached hydrogens (tertiary/aromatic N) is 1. The van der Waals surface area contributed by atoms with E-state index in [9.17, 15) is 14.7 Å². The molecule has 2 amide bonds. The molecule has 1 unspecified atom stereocenters. The van der Waals surface area contributed by atoms with Crippen molar-refractivity contribution in [1.29, 1.82) is 0 Å². The van der Waals surface area contributed by atoms with Crippen molar-refractivity contribution in [3.8, 4) is 17.4 Å². The van der Waals surface area contributed by atoms with E-state index in [-0.39, 0.29) is 29.5 Å². The maximum absolute atomic E-state index is 12.8. The molecule has 1 aromatic heterocycles. The topological polar surface area (TPSA) is 136 Å². The number of nitrogens with one attached hydrogen (secondary N) is 2. The smallest absolute Gasteiger partial charge is 0.254 e. The van der Waals surface area contributed by atoms with Gasteiger partial charge >= 0.3 is 0 Å². The zero-order chi connectivity index (χ0) is 28.3. The van der Waals surface area contributed by atoms with Crippen LogP contribution in [0, 0.1) is 0 Å². The standard InChI is InChI=1S/C31H36N4O5/c1-30(2,17-20-10-12-22(13-11-20)40-28-23(27(32)37)7-6-16-33-28)34-18-21(36)19-39-25-9-5-8-24-26(25)31(29(38)35-24)14-3-4-15-31/h5-13,16,21,34,36H,3-4,14-15,17-19H2,1-2H3,(H2,32,37)(H,35,38). The predicted molar refractivity (Wildman–Crippen MR) is 152 cm³/mol. The number of β-amino-alcohol motifs (C(OH)–C–C–N with tert-alkyl or cyclic N) is 1. The minimum Gasteiger partial charge on any atom is -0.490 e. The van der Waals surface area contributed by atoms with Crippen LogP contribution in [0.25, 0.3) is 0 Å². The number of fused-ring (bicyclic) bond motifs is 2. The molecular formula is C31H36N4O5. The third-order valence-corrected chi connectivity index (χ3v) is 7.71. The Kier molecular flexibility index (Phi) is 7.78. The number of rotatable bonds is 11. The Hall–Kier alpha value is -3.95. The maximum atomic E-state index is 12.8. The highest BCUT2D eigenvalue weighted by molar-refractivity contribution is 6.07. The van der Waals surface area contributed by atoms with Gasteiger partial charge in [-0.25, -0.2) is 4.98 Å². The lowest BCUT2D eigenvalue weighted by Gasteiger charge is -2.28. The lowest BCUT2D eigenvalue weighted by atomic mass is 9.79. The van der Waals surface area contributed by atoms with E-state index < -0.39 is 17.4 Å². The summed E-state index contributed by atoms with van der Waals surface area (Å²) in [5, 5.41) is 17.2. The second kappa shape index (κ2) is 11.3. The van der Waals surface area contributed by atoms with Gasteiger partial charge < -0.3 is 30.9 Å². The molecule has 9 nitrogen and oxygen atoms in total. The van der Waals surface area contributed by atoms with Gasteiger partial charge in [-0.3, -0.25) is 9.59 Å². The number of amides is 2. The van der Waals surface area contributed by atoms with Crippen molar-refractivity contribution in [3.05, 3.63) is 77.5 Å². The average Bonchev–Trinajstić information content (AvgIpc) is 3.53. The number of aromatic nitrogens is 1. The monoisotopic (exact) mass is 544 g/mol. The summed E-state index contributed by atoms with van der Waals surface area (Å²) in [4.78, 5) is 28.5. The largest absolute Gasteiger partial charge is 0.490 e. The second-order valence-corrected chi connectivity index (χ2v) is 11.3. The molecule has 1 fully saturated rings. The summed E-state index contributed by atoms with van der Waals surface area (Å²) in [6.07, 6.45) is 5.23. The summed E-state index contributed by atoms with van der Waals surface area (Å²) >= 11 is 0. The quantitative estimate of drug-likeness (QED) is 0.286. The number of hydrogen-bond donors (Lipinski definition) is 4. The third kappa shape index (κ3) is 5.80. The van der Waals surface area contributed by atoms with Gasteiger partial charge in [-0.15, -0.1) is 0 Å². The lowest BCUT2D eigenvalue weighted by molar-refractivity contribution is -0.120. The van der Waals surface area contributed by atoms with Gasteiger partial charge in [-0.1, -0.05) is 31.0 Å². The molecule has 1 saturated carbocycles. The van der Waals surface area contributed by atoms with E-state index in [0.29, 0.717) is 24.5 Å². The molecule has 1 atom stereocenters.